The van der Waals surface area contributed by atoms with Crippen LogP contribution in [0, 0.1) is 17.0 Å². The minimum absolute atomic E-state index is 0.126. The first-order chi connectivity index (χ1) is 17.3. The van der Waals surface area contributed by atoms with Gasteiger partial charge in [-0.3, -0.25) is 24.6 Å². The van der Waals surface area contributed by atoms with Crippen molar-refractivity contribution in [3.63, 3.8) is 0 Å². The molecule has 2 amide bonds. The molecule has 9 heteroatoms. The topological polar surface area (TPSA) is 85.5 Å². The van der Waals surface area contributed by atoms with Gasteiger partial charge in [-0.2, -0.15) is 0 Å². The highest BCUT2D eigenvalue weighted by Gasteiger charge is 2.36. The van der Waals surface area contributed by atoms with Crippen LogP contribution in [-0.4, -0.2) is 25.5 Å². The van der Waals surface area contributed by atoms with E-state index in [9.17, 15) is 19.7 Å². The number of aromatic nitrogens is 1. The predicted molar refractivity (Wildman–Crippen MR) is 142 cm³/mol. The van der Waals surface area contributed by atoms with Crippen molar-refractivity contribution in [2.45, 2.75) is 20.0 Å². The van der Waals surface area contributed by atoms with Crippen molar-refractivity contribution >= 4 is 57.2 Å². The van der Waals surface area contributed by atoms with Gasteiger partial charge in [0.2, 0.25) is 0 Å². The fraction of sp³-hybridized carbons (Fsp3) is 0.111. The van der Waals surface area contributed by atoms with Crippen LogP contribution in [0.25, 0.3) is 17.0 Å². The van der Waals surface area contributed by atoms with Crippen molar-refractivity contribution in [1.82, 2.24) is 9.47 Å². The Morgan fingerprint density at radius 2 is 1.61 bits per heavy atom. The number of hydrogen-bond acceptors (Lipinski definition) is 5. The summed E-state index contributed by atoms with van der Waals surface area (Å²) in [5.41, 5.74) is 3.91. The molecular formula is C27H20ClN3O4S. The van der Waals surface area contributed by atoms with Gasteiger partial charge in [0.15, 0.2) is 0 Å². The summed E-state index contributed by atoms with van der Waals surface area (Å²) in [6.07, 6.45) is 1.74. The summed E-state index contributed by atoms with van der Waals surface area (Å²) in [5, 5.41) is 12.5. The smallest absolute Gasteiger partial charge is 0.293 e. The Kier molecular flexibility index (Phi) is 6.38. The Hall–Kier alpha value is -3.88. The number of nitro groups is 1. The molecule has 3 aromatic carbocycles. The summed E-state index contributed by atoms with van der Waals surface area (Å²) < 4.78 is 2.14. The van der Waals surface area contributed by atoms with Crippen molar-refractivity contribution in [3.05, 3.63) is 115 Å². The standard InChI is InChI=1S/C27H20ClN3O4S/c1-17-21(20-10-4-7-13-24(20)29(17)15-18-8-2-5-11-22(18)28)14-25-26(32)30(27(33)36-25)16-19-9-3-6-12-23(19)31(34)35/h2-14H,15-16H2,1H3/b25-14-. The van der Waals surface area contributed by atoms with E-state index in [4.69, 9.17) is 11.6 Å². The fourth-order valence-electron chi connectivity index (χ4n) is 4.40. The highest BCUT2D eigenvalue weighted by molar-refractivity contribution is 8.18. The maximum atomic E-state index is 13.2. The Morgan fingerprint density at radius 3 is 2.36 bits per heavy atom. The fourth-order valence-corrected chi connectivity index (χ4v) is 5.42. The Bertz CT molecular complexity index is 1580. The molecular weight excluding hydrogens is 498 g/mol. The van der Waals surface area contributed by atoms with E-state index in [0.29, 0.717) is 17.1 Å². The Balaban J connectivity index is 1.52. The highest BCUT2D eigenvalue weighted by Crippen LogP contribution is 2.37. The zero-order valence-electron chi connectivity index (χ0n) is 19.2. The van der Waals surface area contributed by atoms with Gasteiger partial charge in [-0.15, -0.1) is 0 Å². The minimum atomic E-state index is -0.512. The van der Waals surface area contributed by atoms with Crippen LogP contribution in [0.15, 0.2) is 77.7 Å². The lowest BCUT2D eigenvalue weighted by Gasteiger charge is -2.12. The maximum absolute atomic E-state index is 13.2. The number of rotatable bonds is 6. The zero-order chi connectivity index (χ0) is 25.4. The van der Waals surface area contributed by atoms with Crippen LogP contribution in [0.4, 0.5) is 10.5 Å². The molecule has 4 aromatic rings. The van der Waals surface area contributed by atoms with E-state index in [1.807, 2.05) is 55.5 Å². The first-order valence-corrected chi connectivity index (χ1v) is 12.3. The quantitative estimate of drug-likeness (QED) is 0.159. The molecule has 0 radical (unpaired) electrons. The number of hydrogen-bond donors (Lipinski definition) is 0. The lowest BCUT2D eigenvalue weighted by molar-refractivity contribution is -0.385. The molecule has 1 saturated heterocycles. The maximum Gasteiger partial charge on any atom is 0.293 e. The van der Waals surface area contributed by atoms with E-state index in [1.165, 1.54) is 6.07 Å². The van der Waals surface area contributed by atoms with Crippen molar-refractivity contribution in [1.29, 1.82) is 0 Å². The molecule has 0 aliphatic carbocycles. The van der Waals surface area contributed by atoms with Gasteiger partial charge in [-0.1, -0.05) is 66.2 Å². The van der Waals surface area contributed by atoms with Gasteiger partial charge in [0, 0.05) is 45.4 Å². The van der Waals surface area contributed by atoms with Crippen molar-refractivity contribution in [2.75, 3.05) is 0 Å². The van der Waals surface area contributed by atoms with E-state index in [1.54, 1.807) is 24.3 Å². The zero-order valence-corrected chi connectivity index (χ0v) is 20.8. The molecule has 0 atom stereocenters. The van der Waals surface area contributed by atoms with Crippen LogP contribution in [0.2, 0.25) is 5.02 Å². The third-order valence-electron chi connectivity index (χ3n) is 6.23. The van der Waals surface area contributed by atoms with Gasteiger partial charge in [0.25, 0.3) is 16.8 Å². The van der Waals surface area contributed by atoms with E-state index >= 15 is 0 Å². The number of carbonyl (C=O) groups excluding carboxylic acids is 2. The number of nitro benzene ring substituents is 1. The molecule has 1 aliphatic heterocycles. The summed E-state index contributed by atoms with van der Waals surface area (Å²) in [7, 11) is 0. The third-order valence-corrected chi connectivity index (χ3v) is 7.51. The third kappa shape index (κ3) is 4.29. The number of halogens is 1. The lowest BCUT2D eigenvalue weighted by atomic mass is 10.1. The van der Waals surface area contributed by atoms with Gasteiger partial charge in [0.1, 0.15) is 0 Å². The van der Waals surface area contributed by atoms with Crippen LogP contribution in [0.1, 0.15) is 22.4 Å². The monoisotopic (exact) mass is 517 g/mol. The SMILES string of the molecule is Cc1c(/C=C2\SC(=O)N(Cc3ccccc3[N+](=O)[O-])C2=O)c2ccccc2n1Cc1ccccc1Cl. The number of thioether (sulfide) groups is 1. The molecule has 180 valence electrons. The van der Waals surface area contributed by atoms with Crippen LogP contribution < -0.4 is 0 Å². The lowest BCUT2D eigenvalue weighted by Crippen LogP contribution is -2.27. The Labute approximate surface area is 216 Å². The Morgan fingerprint density at radius 1 is 0.944 bits per heavy atom. The number of fused-ring (bicyclic) bond motifs is 1. The summed E-state index contributed by atoms with van der Waals surface area (Å²) in [4.78, 5) is 38.1. The minimum Gasteiger partial charge on any atom is -0.340 e. The van der Waals surface area contributed by atoms with E-state index in [2.05, 4.69) is 4.57 Å². The van der Waals surface area contributed by atoms with Crippen LogP contribution >= 0.6 is 23.4 Å². The van der Waals surface area contributed by atoms with E-state index in [0.717, 1.165) is 44.4 Å². The molecule has 1 aliphatic rings. The molecule has 0 saturated carbocycles. The van der Waals surface area contributed by atoms with Gasteiger partial charge in [-0.25, -0.2) is 0 Å². The van der Waals surface area contributed by atoms with E-state index in [-0.39, 0.29) is 17.1 Å². The number of nitrogens with zero attached hydrogens (tertiary/aromatic N) is 3. The molecule has 1 fully saturated rings. The summed E-state index contributed by atoms with van der Waals surface area (Å²) in [6, 6.07) is 21.6. The molecule has 0 spiro atoms. The van der Waals surface area contributed by atoms with E-state index < -0.39 is 16.1 Å². The van der Waals surface area contributed by atoms with Gasteiger partial charge >= 0.3 is 0 Å². The van der Waals surface area contributed by atoms with Crippen LogP contribution in [0.5, 0.6) is 0 Å². The second-order valence-electron chi connectivity index (χ2n) is 8.35. The molecule has 36 heavy (non-hydrogen) atoms. The summed E-state index contributed by atoms with van der Waals surface area (Å²) in [6.45, 7) is 2.37. The van der Waals surface area contributed by atoms with Gasteiger partial charge in [-0.05, 0) is 42.5 Å². The molecule has 0 unspecified atom stereocenters. The predicted octanol–water partition coefficient (Wildman–Crippen LogP) is 6.80. The van der Waals surface area contributed by atoms with Crippen molar-refractivity contribution < 1.29 is 14.5 Å². The van der Waals surface area contributed by atoms with Crippen molar-refractivity contribution in [3.8, 4) is 0 Å². The number of benzene rings is 3. The number of amides is 2. The second-order valence-corrected chi connectivity index (χ2v) is 9.75. The number of carbonyl (C=O) groups is 2. The van der Waals surface area contributed by atoms with Gasteiger partial charge < -0.3 is 4.57 Å². The molecule has 0 bridgehead atoms. The average Bonchev–Trinajstić information content (AvgIpc) is 3.28. The highest BCUT2D eigenvalue weighted by atomic mass is 35.5. The number of para-hydroxylation sites is 2. The largest absolute Gasteiger partial charge is 0.340 e. The van der Waals surface area contributed by atoms with Gasteiger partial charge in [0.05, 0.1) is 16.4 Å². The summed E-state index contributed by atoms with van der Waals surface area (Å²) in [5.74, 6) is -0.467. The number of imide groups is 1. The first kappa shape index (κ1) is 23.8. The molecule has 7 nitrogen and oxygen atoms in total. The first-order valence-electron chi connectivity index (χ1n) is 11.1. The molecule has 5 rings (SSSR count). The van der Waals surface area contributed by atoms with Crippen molar-refractivity contribution in [2.24, 2.45) is 0 Å². The average molecular weight is 518 g/mol. The van der Waals surface area contributed by atoms with Crippen LogP contribution in [-0.2, 0) is 17.9 Å². The summed E-state index contributed by atoms with van der Waals surface area (Å²) >= 11 is 7.25. The second kappa shape index (κ2) is 9.64. The normalized spacial score (nSPS) is 14.8. The molecule has 2 heterocycles. The van der Waals surface area contributed by atoms with Crippen LogP contribution in [0.3, 0.4) is 0 Å². The molecule has 0 N–H and O–H groups in total. The molecule has 1 aromatic heterocycles.